The Morgan fingerprint density at radius 3 is 2.73 bits per heavy atom. The van der Waals surface area contributed by atoms with Gasteiger partial charge in [0.1, 0.15) is 0 Å². The summed E-state index contributed by atoms with van der Waals surface area (Å²) in [6, 6.07) is 10.5. The first-order chi connectivity index (χ1) is 12.9. The van der Waals surface area contributed by atoms with E-state index in [0.717, 1.165) is 44.1 Å². The first kappa shape index (κ1) is 15.2. The van der Waals surface area contributed by atoms with Crippen LogP contribution >= 0.6 is 0 Å². The average Bonchev–Trinajstić information content (AvgIpc) is 3.18. The molecule has 0 aliphatic carbocycles. The smallest absolute Gasteiger partial charge is 0.221 e. The summed E-state index contributed by atoms with van der Waals surface area (Å²) in [5, 5.41) is 13.0. The van der Waals surface area contributed by atoms with Crippen molar-refractivity contribution in [1.82, 2.24) is 34.9 Å². The summed E-state index contributed by atoms with van der Waals surface area (Å²) in [6.07, 6.45) is 5.37. The molecule has 8 nitrogen and oxygen atoms in total. The van der Waals surface area contributed by atoms with Crippen LogP contribution < -0.4 is 4.90 Å². The van der Waals surface area contributed by atoms with E-state index in [1.165, 1.54) is 10.9 Å². The van der Waals surface area contributed by atoms with Crippen LogP contribution in [0.1, 0.15) is 5.56 Å². The second kappa shape index (κ2) is 6.30. The largest absolute Gasteiger partial charge is 0.351 e. The minimum absolute atomic E-state index is 0.708. The van der Waals surface area contributed by atoms with Crippen LogP contribution in [0.5, 0.6) is 0 Å². The van der Waals surface area contributed by atoms with Gasteiger partial charge in [-0.15, -0.1) is 5.10 Å². The summed E-state index contributed by atoms with van der Waals surface area (Å²) in [5.41, 5.74) is 3.08. The highest BCUT2D eigenvalue weighted by Crippen LogP contribution is 2.21. The van der Waals surface area contributed by atoms with Gasteiger partial charge in [0.25, 0.3) is 0 Å². The van der Waals surface area contributed by atoms with E-state index in [1.807, 2.05) is 12.3 Å². The van der Waals surface area contributed by atoms with Crippen LogP contribution in [0.25, 0.3) is 16.6 Å². The van der Waals surface area contributed by atoms with Gasteiger partial charge in [0, 0.05) is 50.5 Å². The molecule has 1 saturated heterocycles. The molecule has 0 bridgehead atoms. The van der Waals surface area contributed by atoms with Gasteiger partial charge >= 0.3 is 0 Å². The van der Waals surface area contributed by atoms with Gasteiger partial charge in [0.05, 0.1) is 11.7 Å². The monoisotopic (exact) mass is 346 g/mol. The van der Waals surface area contributed by atoms with Gasteiger partial charge in [0.2, 0.25) is 5.65 Å². The number of benzene rings is 1. The lowest BCUT2D eigenvalue weighted by Gasteiger charge is -2.35. The number of hydrogen-bond donors (Lipinski definition) is 0. The number of piperazine rings is 1. The minimum Gasteiger partial charge on any atom is -0.351 e. The molecule has 0 saturated carbocycles. The fourth-order valence-electron chi connectivity index (χ4n) is 3.54. The fourth-order valence-corrected chi connectivity index (χ4v) is 3.54. The molecule has 4 heterocycles. The molecule has 0 unspecified atom stereocenters. The molecule has 1 fully saturated rings. The zero-order valence-electron chi connectivity index (χ0n) is 14.2. The average molecular weight is 346 g/mol. The number of tetrazole rings is 1. The Morgan fingerprint density at radius 2 is 1.81 bits per heavy atom. The van der Waals surface area contributed by atoms with Crippen molar-refractivity contribution in [2.75, 3.05) is 31.1 Å². The van der Waals surface area contributed by atoms with Gasteiger partial charge in [-0.1, -0.05) is 24.3 Å². The molecule has 0 radical (unpaired) electrons. The summed E-state index contributed by atoms with van der Waals surface area (Å²) in [6.45, 7) is 4.64. The lowest BCUT2D eigenvalue weighted by atomic mass is 10.1. The number of fused-ring (bicyclic) bond motifs is 2. The van der Waals surface area contributed by atoms with Crippen LogP contribution in [0.2, 0.25) is 0 Å². The standard InChI is InChI=1S/C18H18N8/c1-3-14-5-2-6-19-16(14)15(4-1)13-24-9-11-25(12-10-24)17-18-21-22-23-26(18)8-7-20-17/h1-8H,9-13H2. The number of para-hydroxylation sites is 1. The van der Waals surface area contributed by atoms with Crippen molar-refractivity contribution in [1.29, 1.82) is 0 Å². The first-order valence-electron chi connectivity index (χ1n) is 8.71. The SMILES string of the molecule is c1cnc2c(CN3CCN(c4nccn5nnnc45)CC3)cccc2c1. The zero-order chi connectivity index (χ0) is 17.3. The second-order valence-electron chi connectivity index (χ2n) is 6.45. The highest BCUT2D eigenvalue weighted by molar-refractivity contribution is 5.81. The second-order valence-corrected chi connectivity index (χ2v) is 6.45. The van der Waals surface area contributed by atoms with Gasteiger partial charge < -0.3 is 4.90 Å². The Bertz CT molecular complexity index is 1050. The molecule has 26 heavy (non-hydrogen) atoms. The lowest BCUT2D eigenvalue weighted by molar-refractivity contribution is 0.250. The number of aromatic nitrogens is 6. The lowest BCUT2D eigenvalue weighted by Crippen LogP contribution is -2.46. The van der Waals surface area contributed by atoms with Crippen LogP contribution in [-0.4, -0.2) is 61.1 Å². The van der Waals surface area contributed by atoms with Gasteiger partial charge in [0.15, 0.2) is 5.82 Å². The minimum atomic E-state index is 0.708. The van der Waals surface area contributed by atoms with Crippen LogP contribution in [0.15, 0.2) is 48.9 Å². The Labute approximate surface area is 150 Å². The van der Waals surface area contributed by atoms with Crippen molar-refractivity contribution in [2.45, 2.75) is 6.54 Å². The summed E-state index contributed by atoms with van der Waals surface area (Å²) >= 11 is 0. The molecule has 130 valence electrons. The van der Waals surface area contributed by atoms with E-state index in [4.69, 9.17) is 0 Å². The maximum absolute atomic E-state index is 4.57. The quantitative estimate of drug-likeness (QED) is 0.555. The first-order valence-corrected chi connectivity index (χ1v) is 8.71. The van der Waals surface area contributed by atoms with Gasteiger partial charge in [-0.2, -0.15) is 4.52 Å². The summed E-state index contributed by atoms with van der Waals surface area (Å²) in [5.74, 6) is 0.851. The normalized spacial score (nSPS) is 15.8. The van der Waals surface area contributed by atoms with E-state index < -0.39 is 0 Å². The molecule has 0 spiro atoms. The zero-order valence-corrected chi connectivity index (χ0v) is 14.2. The van der Waals surface area contributed by atoms with Crippen LogP contribution in [0.3, 0.4) is 0 Å². The Hall–Kier alpha value is -3.13. The maximum Gasteiger partial charge on any atom is 0.221 e. The van der Waals surface area contributed by atoms with E-state index in [1.54, 1.807) is 16.9 Å². The highest BCUT2D eigenvalue weighted by Gasteiger charge is 2.21. The van der Waals surface area contributed by atoms with Crippen molar-refractivity contribution in [3.8, 4) is 0 Å². The van der Waals surface area contributed by atoms with Crippen molar-refractivity contribution in [3.05, 3.63) is 54.5 Å². The Morgan fingerprint density at radius 1 is 0.923 bits per heavy atom. The molecule has 1 aromatic carbocycles. The van der Waals surface area contributed by atoms with E-state index in [2.05, 4.69) is 59.6 Å². The molecule has 1 aliphatic rings. The molecule has 8 heteroatoms. The van der Waals surface area contributed by atoms with E-state index in [9.17, 15) is 0 Å². The van der Waals surface area contributed by atoms with E-state index in [-0.39, 0.29) is 0 Å². The number of pyridine rings is 1. The molecular weight excluding hydrogens is 328 g/mol. The molecule has 5 rings (SSSR count). The maximum atomic E-state index is 4.57. The predicted molar refractivity (Wildman–Crippen MR) is 97.8 cm³/mol. The van der Waals surface area contributed by atoms with Crippen LogP contribution in [0, 0.1) is 0 Å². The fraction of sp³-hybridized carbons (Fsp3) is 0.278. The van der Waals surface area contributed by atoms with Gasteiger partial charge in [-0.05, 0) is 22.1 Å². The predicted octanol–water partition coefficient (Wildman–Crippen LogP) is 1.39. The Balaban J connectivity index is 1.32. The topological polar surface area (TPSA) is 75.3 Å². The molecular formula is C18H18N8. The third-order valence-corrected chi connectivity index (χ3v) is 4.88. The summed E-state index contributed by atoms with van der Waals surface area (Å²) in [7, 11) is 0. The van der Waals surface area contributed by atoms with E-state index in [0.29, 0.717) is 5.65 Å². The third kappa shape index (κ3) is 2.64. The van der Waals surface area contributed by atoms with Crippen LogP contribution in [-0.2, 0) is 6.54 Å². The number of rotatable bonds is 3. The van der Waals surface area contributed by atoms with Crippen LogP contribution in [0.4, 0.5) is 5.82 Å². The molecule has 3 aromatic heterocycles. The summed E-state index contributed by atoms with van der Waals surface area (Å²) < 4.78 is 1.66. The van der Waals surface area contributed by atoms with Crippen molar-refractivity contribution in [2.24, 2.45) is 0 Å². The Kier molecular flexibility index (Phi) is 3.67. The third-order valence-electron chi connectivity index (χ3n) is 4.88. The molecule has 0 atom stereocenters. The molecule has 0 amide bonds. The molecule has 0 N–H and O–H groups in total. The highest BCUT2D eigenvalue weighted by atomic mass is 15.5. The van der Waals surface area contributed by atoms with Gasteiger partial charge in [-0.25, -0.2) is 4.98 Å². The summed E-state index contributed by atoms with van der Waals surface area (Å²) in [4.78, 5) is 13.8. The van der Waals surface area contributed by atoms with Crippen molar-refractivity contribution >= 4 is 22.4 Å². The number of hydrogen-bond acceptors (Lipinski definition) is 7. The van der Waals surface area contributed by atoms with Gasteiger partial charge in [-0.3, -0.25) is 9.88 Å². The number of anilines is 1. The van der Waals surface area contributed by atoms with Crippen molar-refractivity contribution < 1.29 is 0 Å². The van der Waals surface area contributed by atoms with E-state index >= 15 is 0 Å². The molecule has 1 aliphatic heterocycles. The molecule has 4 aromatic rings. The number of nitrogens with zero attached hydrogens (tertiary/aromatic N) is 8. The van der Waals surface area contributed by atoms with Crippen molar-refractivity contribution in [3.63, 3.8) is 0 Å².